The van der Waals surface area contributed by atoms with Crippen LogP contribution < -0.4 is 4.83 Å². The number of sulfonamides is 1. The first-order valence-electron chi connectivity index (χ1n) is 6.61. The van der Waals surface area contributed by atoms with Gasteiger partial charge in [0.15, 0.2) is 0 Å². The molecule has 2 rings (SSSR count). The number of nitrogens with zero attached hydrogens (tertiary/aromatic N) is 1. The highest BCUT2D eigenvalue weighted by Crippen LogP contribution is 2.27. The number of nitrogens with one attached hydrogen (secondary N) is 1. The van der Waals surface area contributed by atoms with Crippen molar-refractivity contribution in [1.29, 1.82) is 0 Å². The molecule has 0 saturated carbocycles. The molecule has 0 bridgehead atoms. The summed E-state index contributed by atoms with van der Waals surface area (Å²) in [6, 6.07) is 3.27. The van der Waals surface area contributed by atoms with Crippen LogP contribution in [0.15, 0.2) is 21.5 Å². The lowest BCUT2D eigenvalue weighted by Gasteiger charge is -2.27. The maximum absolute atomic E-state index is 12.5. The molecule has 0 aliphatic carbocycles. The number of rotatable bonds is 4. The highest BCUT2D eigenvalue weighted by atomic mass is 79.9. The zero-order chi connectivity index (χ0) is 14.8. The molecule has 20 heavy (non-hydrogen) atoms. The molecule has 5 nitrogen and oxygen atoms in total. The summed E-state index contributed by atoms with van der Waals surface area (Å²) in [4.78, 5) is 2.80. The number of aliphatic hydroxyl groups is 1. The van der Waals surface area contributed by atoms with E-state index < -0.39 is 10.0 Å². The second-order valence-electron chi connectivity index (χ2n) is 5.03. The van der Waals surface area contributed by atoms with Gasteiger partial charge in [0.05, 0.1) is 11.5 Å². The summed E-state index contributed by atoms with van der Waals surface area (Å²) in [5.74, 6) is 0. The second kappa shape index (κ2) is 6.53. The van der Waals surface area contributed by atoms with Gasteiger partial charge in [-0.25, -0.2) is 13.4 Å². The van der Waals surface area contributed by atoms with Crippen molar-refractivity contribution < 1.29 is 13.5 Å². The van der Waals surface area contributed by atoms with E-state index in [9.17, 15) is 13.5 Å². The first-order valence-corrected chi connectivity index (χ1v) is 8.89. The van der Waals surface area contributed by atoms with Crippen LogP contribution in [0.2, 0.25) is 0 Å². The van der Waals surface area contributed by atoms with E-state index in [4.69, 9.17) is 0 Å². The molecule has 112 valence electrons. The molecule has 1 aromatic rings. The summed E-state index contributed by atoms with van der Waals surface area (Å²) in [7, 11) is -3.63. The van der Waals surface area contributed by atoms with E-state index in [0.29, 0.717) is 10.0 Å². The highest BCUT2D eigenvalue weighted by Gasteiger charge is 2.23. The summed E-state index contributed by atoms with van der Waals surface area (Å²) in [5.41, 5.74) is 1.38. The minimum Gasteiger partial charge on any atom is -0.392 e. The lowest BCUT2D eigenvalue weighted by Crippen LogP contribution is -2.45. The predicted molar refractivity (Wildman–Crippen MR) is 80.5 cm³/mol. The maximum atomic E-state index is 12.5. The zero-order valence-corrected chi connectivity index (χ0v) is 13.8. The van der Waals surface area contributed by atoms with Gasteiger partial charge in [-0.05, 0) is 52.9 Å². The molecular formula is C13H19BrN2O3S. The van der Waals surface area contributed by atoms with Gasteiger partial charge in [0.2, 0.25) is 0 Å². The summed E-state index contributed by atoms with van der Waals surface area (Å²) >= 11 is 3.32. The number of aliphatic hydroxyl groups excluding tert-OH is 1. The van der Waals surface area contributed by atoms with Gasteiger partial charge in [0.1, 0.15) is 0 Å². The van der Waals surface area contributed by atoms with Crippen LogP contribution in [-0.4, -0.2) is 31.6 Å². The molecule has 0 unspecified atom stereocenters. The fourth-order valence-electron chi connectivity index (χ4n) is 2.30. The number of aryl methyl sites for hydroxylation is 1. The monoisotopic (exact) mass is 362 g/mol. The molecular weight excluding hydrogens is 344 g/mol. The number of piperidine rings is 1. The van der Waals surface area contributed by atoms with Crippen LogP contribution in [0.4, 0.5) is 0 Å². The van der Waals surface area contributed by atoms with E-state index in [0.717, 1.165) is 37.9 Å². The van der Waals surface area contributed by atoms with Crippen LogP contribution in [0.5, 0.6) is 0 Å². The quantitative estimate of drug-likeness (QED) is 0.858. The molecule has 0 aromatic heterocycles. The van der Waals surface area contributed by atoms with Crippen molar-refractivity contribution in [3.8, 4) is 0 Å². The summed E-state index contributed by atoms with van der Waals surface area (Å²) < 4.78 is 25.5. The molecule has 0 amide bonds. The average Bonchev–Trinajstić information content (AvgIpc) is 2.42. The lowest BCUT2D eigenvalue weighted by molar-refractivity contribution is 0.200. The van der Waals surface area contributed by atoms with Gasteiger partial charge in [-0.3, -0.25) is 0 Å². The van der Waals surface area contributed by atoms with Gasteiger partial charge in [-0.15, -0.1) is 4.83 Å². The Labute approximate surface area is 128 Å². The SMILES string of the molecule is Cc1cc(CO)cc(S(=O)(=O)NN2CCCCC2)c1Br. The number of hydrogen-bond acceptors (Lipinski definition) is 4. The summed E-state index contributed by atoms with van der Waals surface area (Å²) in [6.07, 6.45) is 3.14. The Hall–Kier alpha value is -0.470. The fraction of sp³-hybridized carbons (Fsp3) is 0.538. The molecule has 1 heterocycles. The molecule has 0 spiro atoms. The van der Waals surface area contributed by atoms with E-state index in [2.05, 4.69) is 20.8 Å². The zero-order valence-electron chi connectivity index (χ0n) is 11.4. The van der Waals surface area contributed by atoms with Gasteiger partial charge in [-0.2, -0.15) is 0 Å². The van der Waals surface area contributed by atoms with Crippen LogP contribution >= 0.6 is 15.9 Å². The van der Waals surface area contributed by atoms with Crippen LogP contribution in [0.1, 0.15) is 30.4 Å². The topological polar surface area (TPSA) is 69.6 Å². The van der Waals surface area contributed by atoms with E-state index in [-0.39, 0.29) is 11.5 Å². The van der Waals surface area contributed by atoms with E-state index in [1.807, 2.05) is 6.92 Å². The standard InChI is InChI=1S/C13H19BrN2O3S/c1-10-7-11(9-17)8-12(13(10)14)20(18,19)15-16-5-3-2-4-6-16/h7-8,15,17H,2-6,9H2,1H3. The molecule has 2 N–H and O–H groups in total. The molecule has 7 heteroatoms. The number of hydrazine groups is 1. The Morgan fingerprint density at radius 2 is 1.95 bits per heavy atom. The Morgan fingerprint density at radius 1 is 1.30 bits per heavy atom. The Bertz CT molecular complexity index is 584. The van der Waals surface area contributed by atoms with Gasteiger partial charge >= 0.3 is 0 Å². The van der Waals surface area contributed by atoms with Gasteiger partial charge in [0, 0.05) is 17.6 Å². The molecule has 1 aromatic carbocycles. The molecule has 1 aliphatic heterocycles. The van der Waals surface area contributed by atoms with Crippen LogP contribution in [0, 0.1) is 6.92 Å². The van der Waals surface area contributed by atoms with Crippen molar-refractivity contribution in [3.05, 3.63) is 27.7 Å². The summed E-state index contributed by atoms with van der Waals surface area (Å²) in [5, 5.41) is 11.0. The normalized spacial score (nSPS) is 17.4. The third-order valence-electron chi connectivity index (χ3n) is 3.36. The van der Waals surface area contributed by atoms with Crippen molar-refractivity contribution >= 4 is 26.0 Å². The fourth-order valence-corrected chi connectivity index (χ4v) is 4.49. The third kappa shape index (κ3) is 3.59. The lowest BCUT2D eigenvalue weighted by atomic mass is 10.1. The Kier molecular flexibility index (Phi) is 5.19. The Morgan fingerprint density at radius 3 is 2.55 bits per heavy atom. The molecule has 0 radical (unpaired) electrons. The van der Waals surface area contributed by atoms with Crippen LogP contribution in [0.3, 0.4) is 0 Å². The largest absolute Gasteiger partial charge is 0.392 e. The highest BCUT2D eigenvalue weighted by molar-refractivity contribution is 9.10. The van der Waals surface area contributed by atoms with Crippen LogP contribution in [-0.2, 0) is 16.6 Å². The average molecular weight is 363 g/mol. The van der Waals surface area contributed by atoms with E-state index in [1.165, 1.54) is 6.07 Å². The minimum absolute atomic E-state index is 0.173. The van der Waals surface area contributed by atoms with Crippen molar-refractivity contribution in [2.75, 3.05) is 13.1 Å². The third-order valence-corrected chi connectivity index (χ3v) is 6.07. The van der Waals surface area contributed by atoms with Gasteiger partial charge in [-0.1, -0.05) is 12.5 Å². The van der Waals surface area contributed by atoms with E-state index in [1.54, 1.807) is 11.1 Å². The first kappa shape index (κ1) is 15.9. The second-order valence-corrected chi connectivity index (χ2v) is 7.45. The number of hydrogen-bond donors (Lipinski definition) is 2. The van der Waals surface area contributed by atoms with Gasteiger partial charge < -0.3 is 5.11 Å². The predicted octanol–water partition coefficient (Wildman–Crippen LogP) is 1.93. The van der Waals surface area contributed by atoms with Gasteiger partial charge in [0.25, 0.3) is 10.0 Å². The van der Waals surface area contributed by atoms with Crippen molar-refractivity contribution in [3.63, 3.8) is 0 Å². The molecule has 1 saturated heterocycles. The minimum atomic E-state index is -3.63. The molecule has 0 atom stereocenters. The number of benzene rings is 1. The maximum Gasteiger partial charge on any atom is 0.254 e. The smallest absolute Gasteiger partial charge is 0.254 e. The summed E-state index contributed by atoms with van der Waals surface area (Å²) in [6.45, 7) is 3.09. The Balaban J connectivity index is 2.30. The van der Waals surface area contributed by atoms with Crippen LogP contribution in [0.25, 0.3) is 0 Å². The molecule has 1 aliphatic rings. The van der Waals surface area contributed by atoms with Crippen molar-refractivity contribution in [1.82, 2.24) is 9.84 Å². The van der Waals surface area contributed by atoms with Crippen molar-refractivity contribution in [2.45, 2.75) is 37.7 Å². The molecule has 1 fully saturated rings. The number of halogens is 1. The van der Waals surface area contributed by atoms with Crippen molar-refractivity contribution in [2.24, 2.45) is 0 Å². The van der Waals surface area contributed by atoms with E-state index >= 15 is 0 Å². The first-order chi connectivity index (χ1) is 9.44.